The molecule has 4 heteroatoms. The molecule has 1 aliphatic heterocycles. The van der Waals surface area contributed by atoms with Crippen molar-refractivity contribution in [3.05, 3.63) is 35.6 Å². The first-order chi connectivity index (χ1) is 10.7. The second-order valence-corrected chi connectivity index (χ2v) is 6.49. The van der Waals surface area contributed by atoms with E-state index in [4.69, 9.17) is 0 Å². The summed E-state index contributed by atoms with van der Waals surface area (Å²) in [5.74, 6) is 0.536. The maximum atomic E-state index is 13.6. The molecular weight excluding hydrogens is 279 g/mol. The Bertz CT molecular complexity index is 506. The monoisotopic (exact) mass is 304 g/mol. The third kappa shape index (κ3) is 3.67. The van der Waals surface area contributed by atoms with Gasteiger partial charge in [0.25, 0.3) is 0 Å². The predicted molar refractivity (Wildman–Crippen MR) is 85.1 cm³/mol. The fraction of sp³-hybridized carbons (Fsp3) is 0.611. The summed E-state index contributed by atoms with van der Waals surface area (Å²) in [7, 11) is 0. The zero-order chi connectivity index (χ0) is 15.4. The molecule has 1 heterocycles. The summed E-state index contributed by atoms with van der Waals surface area (Å²) in [6, 6.07) is 6.99. The van der Waals surface area contributed by atoms with Gasteiger partial charge in [-0.3, -0.25) is 9.69 Å². The van der Waals surface area contributed by atoms with Crippen molar-refractivity contribution in [1.29, 1.82) is 0 Å². The molecule has 2 aliphatic rings. The number of carbonyl (C=O) groups excluding carboxylic acids is 1. The van der Waals surface area contributed by atoms with E-state index in [0.29, 0.717) is 5.91 Å². The van der Waals surface area contributed by atoms with Crippen LogP contribution in [0.15, 0.2) is 24.3 Å². The average molecular weight is 304 g/mol. The summed E-state index contributed by atoms with van der Waals surface area (Å²) in [5, 5.41) is 0. The Kier molecular flexibility index (Phi) is 5.08. The molecule has 0 N–H and O–H groups in total. The Balaban J connectivity index is 1.44. The molecule has 2 fully saturated rings. The second kappa shape index (κ2) is 7.23. The van der Waals surface area contributed by atoms with Gasteiger partial charge in [0.15, 0.2) is 0 Å². The first-order valence-corrected chi connectivity index (χ1v) is 8.48. The largest absolute Gasteiger partial charge is 0.340 e. The summed E-state index contributed by atoms with van der Waals surface area (Å²) in [4.78, 5) is 16.8. The Morgan fingerprint density at radius 2 is 1.77 bits per heavy atom. The molecule has 3 rings (SSSR count). The van der Waals surface area contributed by atoms with Crippen LogP contribution >= 0.6 is 0 Å². The molecule has 0 radical (unpaired) electrons. The van der Waals surface area contributed by atoms with E-state index >= 15 is 0 Å². The van der Waals surface area contributed by atoms with E-state index in [-0.39, 0.29) is 11.7 Å². The molecule has 3 nitrogen and oxygen atoms in total. The zero-order valence-electron chi connectivity index (χ0n) is 13.1. The van der Waals surface area contributed by atoms with Crippen LogP contribution in [0.25, 0.3) is 0 Å². The fourth-order valence-electron chi connectivity index (χ4n) is 3.60. The molecule has 0 unspecified atom stereocenters. The van der Waals surface area contributed by atoms with Gasteiger partial charge >= 0.3 is 0 Å². The maximum absolute atomic E-state index is 13.6. The van der Waals surface area contributed by atoms with Gasteiger partial charge in [0, 0.05) is 38.6 Å². The molecule has 0 spiro atoms. The van der Waals surface area contributed by atoms with E-state index in [0.717, 1.165) is 57.5 Å². The minimum Gasteiger partial charge on any atom is -0.340 e. The molecule has 1 aromatic carbocycles. The minimum atomic E-state index is -0.113. The third-order valence-electron chi connectivity index (χ3n) is 5.04. The Morgan fingerprint density at radius 1 is 1.09 bits per heavy atom. The van der Waals surface area contributed by atoms with Crippen LogP contribution in [0.3, 0.4) is 0 Å². The lowest BCUT2D eigenvalue weighted by Crippen LogP contribution is -2.50. The van der Waals surface area contributed by atoms with Gasteiger partial charge in [-0.2, -0.15) is 0 Å². The van der Waals surface area contributed by atoms with Gasteiger partial charge in [-0.15, -0.1) is 0 Å². The molecule has 0 atom stereocenters. The van der Waals surface area contributed by atoms with Crippen LogP contribution in [0, 0.1) is 11.7 Å². The van der Waals surface area contributed by atoms with Gasteiger partial charge in [0.1, 0.15) is 5.82 Å². The summed E-state index contributed by atoms with van der Waals surface area (Å²) < 4.78 is 13.6. The van der Waals surface area contributed by atoms with Crippen LogP contribution in [0.4, 0.5) is 4.39 Å². The van der Waals surface area contributed by atoms with Gasteiger partial charge < -0.3 is 4.90 Å². The van der Waals surface area contributed by atoms with E-state index in [1.807, 2.05) is 17.0 Å². The highest BCUT2D eigenvalue weighted by Crippen LogP contribution is 2.26. The van der Waals surface area contributed by atoms with Crippen molar-refractivity contribution in [2.45, 2.75) is 32.1 Å². The number of benzene rings is 1. The number of hydrogen-bond acceptors (Lipinski definition) is 2. The smallest absolute Gasteiger partial charge is 0.225 e. The Labute approximate surface area is 132 Å². The molecule has 0 bridgehead atoms. The lowest BCUT2D eigenvalue weighted by atomic mass is 10.1. The minimum absolute atomic E-state index is 0.113. The predicted octanol–water partition coefficient (Wildman–Crippen LogP) is 2.70. The molecule has 1 saturated heterocycles. The van der Waals surface area contributed by atoms with Gasteiger partial charge in [0.05, 0.1) is 0 Å². The third-order valence-corrected chi connectivity index (χ3v) is 5.04. The van der Waals surface area contributed by atoms with E-state index in [1.54, 1.807) is 6.07 Å². The highest BCUT2D eigenvalue weighted by Gasteiger charge is 2.29. The zero-order valence-corrected chi connectivity index (χ0v) is 13.1. The number of piperazine rings is 1. The summed E-state index contributed by atoms with van der Waals surface area (Å²) in [5.41, 5.74) is 0.784. The lowest BCUT2D eigenvalue weighted by Gasteiger charge is -2.36. The normalized spacial score (nSPS) is 20.5. The van der Waals surface area contributed by atoms with Crippen molar-refractivity contribution in [2.24, 2.45) is 5.92 Å². The fourth-order valence-corrected chi connectivity index (χ4v) is 3.60. The topological polar surface area (TPSA) is 23.6 Å². The molecule has 22 heavy (non-hydrogen) atoms. The second-order valence-electron chi connectivity index (χ2n) is 6.49. The van der Waals surface area contributed by atoms with Crippen molar-refractivity contribution in [1.82, 2.24) is 9.80 Å². The molecule has 120 valence electrons. The summed E-state index contributed by atoms with van der Waals surface area (Å²) in [6.07, 6.45) is 5.31. The van der Waals surface area contributed by atoms with Crippen LogP contribution in [0.5, 0.6) is 0 Å². The summed E-state index contributed by atoms with van der Waals surface area (Å²) >= 11 is 0. The van der Waals surface area contributed by atoms with E-state index in [9.17, 15) is 9.18 Å². The van der Waals surface area contributed by atoms with Crippen LogP contribution in [-0.4, -0.2) is 48.4 Å². The molecule has 1 aliphatic carbocycles. The number of amides is 1. The highest BCUT2D eigenvalue weighted by atomic mass is 19.1. The van der Waals surface area contributed by atoms with Crippen LogP contribution < -0.4 is 0 Å². The van der Waals surface area contributed by atoms with E-state index < -0.39 is 0 Å². The van der Waals surface area contributed by atoms with Crippen molar-refractivity contribution in [3.63, 3.8) is 0 Å². The quantitative estimate of drug-likeness (QED) is 0.854. The van der Waals surface area contributed by atoms with Gasteiger partial charge in [-0.25, -0.2) is 4.39 Å². The van der Waals surface area contributed by atoms with E-state index in [1.165, 1.54) is 18.9 Å². The Morgan fingerprint density at radius 3 is 2.45 bits per heavy atom. The highest BCUT2D eigenvalue weighted by molar-refractivity contribution is 5.79. The summed E-state index contributed by atoms with van der Waals surface area (Å²) in [6.45, 7) is 4.34. The van der Waals surface area contributed by atoms with Gasteiger partial charge in [-0.1, -0.05) is 31.0 Å². The number of carbonyl (C=O) groups is 1. The SMILES string of the molecule is O=C(C1CCCC1)N1CCN(CCc2ccccc2F)CC1. The first kappa shape index (κ1) is 15.5. The van der Waals surface area contributed by atoms with Crippen LogP contribution in [0.1, 0.15) is 31.2 Å². The average Bonchev–Trinajstić information content (AvgIpc) is 3.08. The van der Waals surface area contributed by atoms with Crippen molar-refractivity contribution >= 4 is 5.91 Å². The molecule has 0 aromatic heterocycles. The lowest BCUT2D eigenvalue weighted by molar-refractivity contribution is -0.137. The number of halogens is 1. The molecule has 1 saturated carbocycles. The van der Waals surface area contributed by atoms with Crippen molar-refractivity contribution < 1.29 is 9.18 Å². The molecule has 1 aromatic rings. The molecular formula is C18H25FN2O. The van der Waals surface area contributed by atoms with Gasteiger partial charge in [-0.05, 0) is 30.9 Å². The number of hydrogen-bond donors (Lipinski definition) is 0. The number of rotatable bonds is 4. The number of nitrogens with zero attached hydrogens (tertiary/aromatic N) is 2. The maximum Gasteiger partial charge on any atom is 0.225 e. The van der Waals surface area contributed by atoms with Crippen LogP contribution in [0.2, 0.25) is 0 Å². The molecule has 1 amide bonds. The van der Waals surface area contributed by atoms with Crippen LogP contribution in [-0.2, 0) is 11.2 Å². The van der Waals surface area contributed by atoms with E-state index in [2.05, 4.69) is 4.90 Å². The standard InChI is InChI=1S/C18H25FN2O/c19-17-8-4-3-5-15(17)9-10-20-11-13-21(14-12-20)18(22)16-6-1-2-7-16/h3-5,8,16H,1-2,6-7,9-14H2. The van der Waals surface area contributed by atoms with Crippen molar-refractivity contribution in [3.8, 4) is 0 Å². The Hall–Kier alpha value is -1.42. The first-order valence-electron chi connectivity index (χ1n) is 8.48. The van der Waals surface area contributed by atoms with Crippen molar-refractivity contribution in [2.75, 3.05) is 32.7 Å². The van der Waals surface area contributed by atoms with Gasteiger partial charge in [0.2, 0.25) is 5.91 Å².